The van der Waals surface area contributed by atoms with Crippen LogP contribution in [0, 0.1) is 0 Å². The van der Waals surface area contributed by atoms with E-state index >= 15 is 0 Å². The summed E-state index contributed by atoms with van der Waals surface area (Å²) in [5.41, 5.74) is 1.09. The highest BCUT2D eigenvalue weighted by molar-refractivity contribution is 5.05. The van der Waals surface area contributed by atoms with Crippen LogP contribution in [0.1, 0.15) is 45.2 Å². The standard InChI is InChI=1S/C15H27N3O/c1-4-9-16-14(12-13-7-10-18(3)17-13)15(2)8-5-6-11-19-15/h7,10,14,16H,4-6,8-9,11-12H2,1-3H3. The summed E-state index contributed by atoms with van der Waals surface area (Å²) >= 11 is 0. The predicted octanol–water partition coefficient (Wildman–Crippen LogP) is 2.29. The number of hydrogen-bond donors (Lipinski definition) is 1. The molecule has 1 fully saturated rings. The minimum Gasteiger partial charge on any atom is -0.374 e. The highest BCUT2D eigenvalue weighted by atomic mass is 16.5. The van der Waals surface area contributed by atoms with Gasteiger partial charge in [-0.3, -0.25) is 4.68 Å². The van der Waals surface area contributed by atoms with Crippen LogP contribution in [0.15, 0.2) is 12.3 Å². The van der Waals surface area contributed by atoms with Gasteiger partial charge in [-0.15, -0.1) is 0 Å². The van der Waals surface area contributed by atoms with Crippen molar-refractivity contribution in [3.8, 4) is 0 Å². The van der Waals surface area contributed by atoms with Gasteiger partial charge in [-0.05, 0) is 45.2 Å². The highest BCUT2D eigenvalue weighted by Crippen LogP contribution is 2.29. The lowest BCUT2D eigenvalue weighted by molar-refractivity contribution is -0.0885. The third kappa shape index (κ3) is 3.80. The van der Waals surface area contributed by atoms with Gasteiger partial charge in [-0.25, -0.2) is 0 Å². The van der Waals surface area contributed by atoms with E-state index in [-0.39, 0.29) is 5.60 Å². The fourth-order valence-corrected chi connectivity index (χ4v) is 2.83. The van der Waals surface area contributed by atoms with Crippen molar-refractivity contribution >= 4 is 0 Å². The average Bonchev–Trinajstić information content (AvgIpc) is 2.81. The zero-order valence-corrected chi connectivity index (χ0v) is 12.5. The summed E-state index contributed by atoms with van der Waals surface area (Å²) in [6.45, 7) is 6.39. The van der Waals surface area contributed by atoms with Gasteiger partial charge in [0.1, 0.15) is 0 Å². The second-order valence-corrected chi connectivity index (χ2v) is 5.81. The minimum atomic E-state index is -0.0507. The van der Waals surface area contributed by atoms with Crippen LogP contribution in [0.3, 0.4) is 0 Å². The number of hydrogen-bond acceptors (Lipinski definition) is 3. The Morgan fingerprint density at radius 2 is 2.37 bits per heavy atom. The van der Waals surface area contributed by atoms with Crippen LogP contribution in [0.2, 0.25) is 0 Å². The van der Waals surface area contributed by atoms with Gasteiger partial charge in [-0.1, -0.05) is 6.92 Å². The van der Waals surface area contributed by atoms with Gasteiger partial charge < -0.3 is 10.1 Å². The van der Waals surface area contributed by atoms with E-state index in [0.717, 1.165) is 38.1 Å². The minimum absolute atomic E-state index is 0.0507. The first-order valence-corrected chi connectivity index (χ1v) is 7.50. The molecular weight excluding hydrogens is 238 g/mol. The second kappa shape index (κ2) is 6.53. The Morgan fingerprint density at radius 1 is 1.53 bits per heavy atom. The lowest BCUT2D eigenvalue weighted by atomic mass is 9.85. The molecule has 1 aromatic rings. The van der Waals surface area contributed by atoms with Gasteiger partial charge in [0, 0.05) is 32.3 Å². The molecule has 1 aliphatic heterocycles. The molecule has 0 aromatic carbocycles. The third-order valence-corrected chi connectivity index (χ3v) is 4.06. The second-order valence-electron chi connectivity index (χ2n) is 5.81. The summed E-state index contributed by atoms with van der Waals surface area (Å²) in [6, 6.07) is 2.45. The molecule has 1 N–H and O–H groups in total. The first-order valence-electron chi connectivity index (χ1n) is 7.50. The summed E-state index contributed by atoms with van der Waals surface area (Å²) < 4.78 is 7.98. The maximum atomic E-state index is 6.11. The van der Waals surface area contributed by atoms with Crippen LogP contribution in [0.4, 0.5) is 0 Å². The van der Waals surface area contributed by atoms with Gasteiger partial charge >= 0.3 is 0 Å². The molecule has 2 unspecified atom stereocenters. The molecule has 108 valence electrons. The van der Waals surface area contributed by atoms with Gasteiger partial charge in [-0.2, -0.15) is 5.10 Å². The quantitative estimate of drug-likeness (QED) is 0.858. The monoisotopic (exact) mass is 265 g/mol. The summed E-state index contributed by atoms with van der Waals surface area (Å²) in [4.78, 5) is 0. The Balaban J connectivity index is 2.05. The molecule has 0 radical (unpaired) electrons. The fourth-order valence-electron chi connectivity index (χ4n) is 2.83. The van der Waals surface area contributed by atoms with Crippen LogP contribution < -0.4 is 5.32 Å². The van der Waals surface area contributed by atoms with Crippen LogP contribution in [0.25, 0.3) is 0 Å². The van der Waals surface area contributed by atoms with Crippen molar-refractivity contribution in [3.63, 3.8) is 0 Å². The largest absolute Gasteiger partial charge is 0.374 e. The molecule has 2 rings (SSSR count). The molecule has 4 heteroatoms. The Morgan fingerprint density at radius 3 is 2.95 bits per heavy atom. The Kier molecular flexibility index (Phi) is 4.99. The van der Waals surface area contributed by atoms with E-state index < -0.39 is 0 Å². The molecule has 1 aliphatic rings. The molecule has 0 spiro atoms. The number of ether oxygens (including phenoxy) is 1. The van der Waals surface area contributed by atoms with Crippen molar-refractivity contribution < 1.29 is 4.74 Å². The Labute approximate surface area is 116 Å². The topological polar surface area (TPSA) is 39.1 Å². The maximum Gasteiger partial charge on any atom is 0.0810 e. The molecule has 2 atom stereocenters. The van der Waals surface area contributed by atoms with E-state index in [1.807, 2.05) is 17.9 Å². The average molecular weight is 265 g/mol. The number of aromatic nitrogens is 2. The lowest BCUT2D eigenvalue weighted by Gasteiger charge is -2.41. The van der Waals surface area contributed by atoms with E-state index in [4.69, 9.17) is 4.74 Å². The number of aryl methyl sites for hydroxylation is 1. The first-order chi connectivity index (χ1) is 9.14. The smallest absolute Gasteiger partial charge is 0.0810 e. The van der Waals surface area contributed by atoms with Crippen molar-refractivity contribution in [1.29, 1.82) is 0 Å². The highest BCUT2D eigenvalue weighted by Gasteiger charge is 2.36. The molecule has 1 aromatic heterocycles. The Bertz CT molecular complexity index is 382. The number of rotatable bonds is 6. The van der Waals surface area contributed by atoms with E-state index in [2.05, 4.69) is 30.3 Å². The van der Waals surface area contributed by atoms with Gasteiger partial charge in [0.25, 0.3) is 0 Å². The van der Waals surface area contributed by atoms with Crippen molar-refractivity contribution in [3.05, 3.63) is 18.0 Å². The van der Waals surface area contributed by atoms with Crippen LogP contribution in [-0.2, 0) is 18.2 Å². The molecular formula is C15H27N3O. The lowest BCUT2D eigenvalue weighted by Crippen LogP contribution is -2.53. The molecule has 0 saturated carbocycles. The van der Waals surface area contributed by atoms with Crippen molar-refractivity contribution in [2.45, 2.75) is 57.6 Å². The van der Waals surface area contributed by atoms with Crippen molar-refractivity contribution in [2.75, 3.05) is 13.2 Å². The molecule has 4 nitrogen and oxygen atoms in total. The summed E-state index contributed by atoms with van der Waals surface area (Å²) in [5, 5.41) is 8.17. The third-order valence-electron chi connectivity index (χ3n) is 4.06. The molecule has 19 heavy (non-hydrogen) atoms. The summed E-state index contributed by atoms with van der Waals surface area (Å²) in [6.07, 6.45) is 7.70. The van der Waals surface area contributed by atoms with Crippen LogP contribution in [0.5, 0.6) is 0 Å². The number of nitrogens with one attached hydrogen (secondary N) is 1. The van der Waals surface area contributed by atoms with E-state index in [0.29, 0.717) is 6.04 Å². The van der Waals surface area contributed by atoms with Gasteiger partial charge in [0.2, 0.25) is 0 Å². The Hall–Kier alpha value is -0.870. The molecule has 0 aliphatic carbocycles. The SMILES string of the molecule is CCCNC(Cc1ccn(C)n1)C1(C)CCCCO1. The zero-order valence-electron chi connectivity index (χ0n) is 12.5. The van der Waals surface area contributed by atoms with Crippen molar-refractivity contribution in [1.82, 2.24) is 15.1 Å². The predicted molar refractivity (Wildman–Crippen MR) is 77.2 cm³/mol. The fraction of sp³-hybridized carbons (Fsp3) is 0.800. The summed E-state index contributed by atoms with van der Waals surface area (Å²) in [5.74, 6) is 0. The van der Waals surface area contributed by atoms with E-state index in [1.165, 1.54) is 12.8 Å². The first kappa shape index (κ1) is 14.5. The van der Waals surface area contributed by atoms with E-state index in [1.54, 1.807) is 0 Å². The van der Waals surface area contributed by atoms with Crippen molar-refractivity contribution in [2.24, 2.45) is 7.05 Å². The molecule has 0 bridgehead atoms. The van der Waals surface area contributed by atoms with E-state index in [9.17, 15) is 0 Å². The van der Waals surface area contributed by atoms with Gasteiger partial charge in [0.05, 0.1) is 11.3 Å². The molecule has 0 amide bonds. The molecule has 2 heterocycles. The van der Waals surface area contributed by atoms with Crippen LogP contribution in [-0.4, -0.2) is 34.6 Å². The zero-order chi connectivity index (χ0) is 13.7. The maximum absolute atomic E-state index is 6.11. The molecule has 1 saturated heterocycles. The van der Waals surface area contributed by atoms with Crippen LogP contribution >= 0.6 is 0 Å². The summed E-state index contributed by atoms with van der Waals surface area (Å²) in [7, 11) is 1.97. The van der Waals surface area contributed by atoms with Gasteiger partial charge in [0.15, 0.2) is 0 Å². The number of nitrogens with zero attached hydrogens (tertiary/aromatic N) is 2. The normalized spacial score (nSPS) is 25.4.